The average Bonchev–Trinajstić information content (AvgIpc) is 3.31. The van der Waals surface area contributed by atoms with E-state index in [0.717, 1.165) is 11.1 Å². The van der Waals surface area contributed by atoms with Crippen LogP contribution in [0.15, 0.2) is 47.1 Å². The third-order valence-electron chi connectivity index (χ3n) is 5.22. The number of furan rings is 1. The second-order valence-corrected chi connectivity index (χ2v) is 7.00. The predicted octanol–water partition coefficient (Wildman–Crippen LogP) is 1.25. The van der Waals surface area contributed by atoms with Crippen LogP contribution >= 0.6 is 0 Å². The standard InChI is InChI=1S/C21H22N2O6/c24-19(22-7-10-27-11-8-22)14-29-21(26)17-12-15-4-1-2-5-16(15)13-23(17)20(25)18-6-3-9-28-18/h1-6,9,17H,7-8,10-14H2/t17-/m0/s1. The van der Waals surface area contributed by atoms with Crippen LogP contribution < -0.4 is 0 Å². The van der Waals surface area contributed by atoms with Gasteiger partial charge in [-0.1, -0.05) is 24.3 Å². The van der Waals surface area contributed by atoms with E-state index in [1.165, 1.54) is 11.2 Å². The van der Waals surface area contributed by atoms with Crippen molar-refractivity contribution in [2.75, 3.05) is 32.9 Å². The van der Waals surface area contributed by atoms with Crippen molar-refractivity contribution in [3.05, 3.63) is 59.5 Å². The van der Waals surface area contributed by atoms with Gasteiger partial charge >= 0.3 is 5.97 Å². The fourth-order valence-electron chi connectivity index (χ4n) is 3.62. The molecule has 2 aromatic rings. The Labute approximate surface area is 168 Å². The molecule has 3 heterocycles. The van der Waals surface area contributed by atoms with Gasteiger partial charge in [-0.2, -0.15) is 0 Å². The Balaban J connectivity index is 1.48. The molecule has 8 nitrogen and oxygen atoms in total. The highest BCUT2D eigenvalue weighted by atomic mass is 16.5. The molecule has 0 saturated carbocycles. The van der Waals surface area contributed by atoms with Crippen molar-refractivity contribution in [3.63, 3.8) is 0 Å². The molecular weight excluding hydrogens is 376 g/mol. The number of carbonyl (C=O) groups excluding carboxylic acids is 3. The maximum Gasteiger partial charge on any atom is 0.329 e. The summed E-state index contributed by atoms with van der Waals surface area (Å²) in [7, 11) is 0. The number of ether oxygens (including phenoxy) is 2. The van der Waals surface area contributed by atoms with Crippen LogP contribution in [-0.2, 0) is 32.0 Å². The Bertz CT molecular complexity index is 888. The summed E-state index contributed by atoms with van der Waals surface area (Å²) >= 11 is 0. The maximum absolute atomic E-state index is 12.9. The Hall–Kier alpha value is -3.13. The van der Waals surface area contributed by atoms with Crippen molar-refractivity contribution >= 4 is 17.8 Å². The molecule has 0 unspecified atom stereocenters. The van der Waals surface area contributed by atoms with Gasteiger partial charge in [0.15, 0.2) is 12.4 Å². The minimum absolute atomic E-state index is 0.159. The van der Waals surface area contributed by atoms with E-state index in [2.05, 4.69) is 0 Å². The van der Waals surface area contributed by atoms with Gasteiger partial charge in [-0.15, -0.1) is 0 Å². The highest BCUT2D eigenvalue weighted by molar-refractivity contribution is 5.95. The number of esters is 1. The first kappa shape index (κ1) is 19.2. The molecule has 152 valence electrons. The van der Waals surface area contributed by atoms with E-state index in [0.29, 0.717) is 32.7 Å². The van der Waals surface area contributed by atoms with Gasteiger partial charge in [0.25, 0.3) is 11.8 Å². The number of nitrogens with zero attached hydrogens (tertiary/aromatic N) is 2. The molecule has 1 aromatic heterocycles. The van der Waals surface area contributed by atoms with Gasteiger partial charge in [0.05, 0.1) is 19.5 Å². The molecule has 0 spiro atoms. The zero-order chi connectivity index (χ0) is 20.2. The Kier molecular flexibility index (Phi) is 5.62. The predicted molar refractivity (Wildman–Crippen MR) is 101 cm³/mol. The highest BCUT2D eigenvalue weighted by Crippen LogP contribution is 2.26. The summed E-state index contributed by atoms with van der Waals surface area (Å²) < 4.78 is 15.8. The summed E-state index contributed by atoms with van der Waals surface area (Å²) in [6.07, 6.45) is 1.74. The number of carbonyl (C=O) groups is 3. The number of fused-ring (bicyclic) bond motifs is 1. The summed E-state index contributed by atoms with van der Waals surface area (Å²) in [4.78, 5) is 41.1. The number of benzene rings is 1. The van der Waals surface area contributed by atoms with Crippen molar-refractivity contribution < 1.29 is 28.3 Å². The molecule has 2 aliphatic heterocycles. The topological polar surface area (TPSA) is 89.3 Å². The smallest absolute Gasteiger partial charge is 0.329 e. The third-order valence-corrected chi connectivity index (χ3v) is 5.22. The molecule has 2 aliphatic rings. The van der Waals surface area contributed by atoms with Crippen LogP contribution in [0.4, 0.5) is 0 Å². The second kappa shape index (κ2) is 8.48. The normalized spacial score (nSPS) is 18.8. The van der Waals surface area contributed by atoms with E-state index < -0.39 is 12.0 Å². The molecule has 1 atom stereocenters. The van der Waals surface area contributed by atoms with Gasteiger partial charge in [0.2, 0.25) is 0 Å². The van der Waals surface area contributed by atoms with E-state index in [1.807, 2.05) is 24.3 Å². The number of hydrogen-bond donors (Lipinski definition) is 0. The quantitative estimate of drug-likeness (QED) is 0.720. The molecule has 0 radical (unpaired) electrons. The lowest BCUT2D eigenvalue weighted by molar-refractivity contribution is -0.157. The van der Waals surface area contributed by atoms with Gasteiger partial charge in [0.1, 0.15) is 6.04 Å². The zero-order valence-corrected chi connectivity index (χ0v) is 15.9. The number of amides is 2. The minimum Gasteiger partial charge on any atom is -0.459 e. The summed E-state index contributed by atoms with van der Waals surface area (Å²) in [6.45, 7) is 1.84. The van der Waals surface area contributed by atoms with Crippen molar-refractivity contribution in [2.45, 2.75) is 19.0 Å². The molecule has 0 N–H and O–H groups in total. The lowest BCUT2D eigenvalue weighted by Crippen LogP contribution is -2.50. The molecular formula is C21H22N2O6. The van der Waals surface area contributed by atoms with E-state index in [-0.39, 0.29) is 30.7 Å². The summed E-state index contributed by atoms with van der Waals surface area (Å²) in [5, 5.41) is 0. The van der Waals surface area contributed by atoms with Gasteiger partial charge in [0, 0.05) is 26.1 Å². The number of morpholine rings is 1. The van der Waals surface area contributed by atoms with Crippen LogP contribution in [0, 0.1) is 0 Å². The van der Waals surface area contributed by atoms with E-state index in [1.54, 1.807) is 17.0 Å². The van der Waals surface area contributed by atoms with Gasteiger partial charge < -0.3 is 23.7 Å². The number of hydrogen-bond acceptors (Lipinski definition) is 6. The van der Waals surface area contributed by atoms with Crippen LogP contribution in [0.3, 0.4) is 0 Å². The lowest BCUT2D eigenvalue weighted by atomic mass is 9.93. The Morgan fingerprint density at radius 2 is 1.79 bits per heavy atom. The van der Waals surface area contributed by atoms with E-state index in [9.17, 15) is 14.4 Å². The second-order valence-electron chi connectivity index (χ2n) is 7.00. The first-order chi connectivity index (χ1) is 14.1. The molecule has 29 heavy (non-hydrogen) atoms. The molecule has 0 bridgehead atoms. The molecule has 0 aliphatic carbocycles. The van der Waals surface area contributed by atoms with Gasteiger partial charge in [-0.3, -0.25) is 9.59 Å². The fraction of sp³-hybridized carbons (Fsp3) is 0.381. The SMILES string of the molecule is O=C(OCC(=O)N1CCOCC1)[C@@H]1Cc2ccccc2CN1C(=O)c1ccco1. The summed E-state index contributed by atoms with van der Waals surface area (Å²) in [5.41, 5.74) is 1.96. The van der Waals surface area contributed by atoms with Crippen LogP contribution in [0.25, 0.3) is 0 Å². The lowest BCUT2D eigenvalue weighted by Gasteiger charge is -2.35. The van der Waals surface area contributed by atoms with Gasteiger partial charge in [-0.25, -0.2) is 4.79 Å². The largest absolute Gasteiger partial charge is 0.459 e. The number of rotatable bonds is 4. The molecule has 1 aromatic carbocycles. The summed E-state index contributed by atoms with van der Waals surface area (Å²) in [5.74, 6) is -1.08. The van der Waals surface area contributed by atoms with Crippen molar-refractivity contribution in [1.82, 2.24) is 9.80 Å². The molecule has 1 saturated heterocycles. The van der Waals surface area contributed by atoms with Crippen LogP contribution in [0.2, 0.25) is 0 Å². The highest BCUT2D eigenvalue weighted by Gasteiger charge is 2.37. The molecule has 1 fully saturated rings. The van der Waals surface area contributed by atoms with E-state index in [4.69, 9.17) is 13.9 Å². The molecule has 2 amide bonds. The molecule has 4 rings (SSSR count). The Morgan fingerprint density at radius 3 is 2.52 bits per heavy atom. The van der Waals surface area contributed by atoms with Crippen LogP contribution in [0.1, 0.15) is 21.7 Å². The zero-order valence-electron chi connectivity index (χ0n) is 15.9. The van der Waals surface area contributed by atoms with E-state index >= 15 is 0 Å². The van der Waals surface area contributed by atoms with Gasteiger partial charge in [-0.05, 0) is 23.3 Å². The third kappa shape index (κ3) is 4.17. The monoisotopic (exact) mass is 398 g/mol. The van der Waals surface area contributed by atoms with Crippen molar-refractivity contribution in [1.29, 1.82) is 0 Å². The average molecular weight is 398 g/mol. The first-order valence-corrected chi connectivity index (χ1v) is 9.57. The van der Waals surface area contributed by atoms with Crippen molar-refractivity contribution in [2.24, 2.45) is 0 Å². The molecule has 8 heteroatoms. The minimum atomic E-state index is -0.819. The summed E-state index contributed by atoms with van der Waals surface area (Å²) in [6, 6.07) is 10.0. The first-order valence-electron chi connectivity index (χ1n) is 9.57. The fourth-order valence-corrected chi connectivity index (χ4v) is 3.62. The van der Waals surface area contributed by atoms with Crippen molar-refractivity contribution in [3.8, 4) is 0 Å². The van der Waals surface area contributed by atoms with Crippen LogP contribution in [0.5, 0.6) is 0 Å². The maximum atomic E-state index is 12.9. The van der Waals surface area contributed by atoms with Crippen LogP contribution in [-0.4, -0.2) is 66.5 Å². The Morgan fingerprint density at radius 1 is 1.03 bits per heavy atom.